The molecule has 39 heavy (non-hydrogen) atoms. The molecule has 3 aromatic rings. The fourth-order valence-corrected chi connectivity index (χ4v) is 5.45. The number of Topliss-reactive ketones (excluding diaryl/α,β-unsaturated/α-hetero) is 1. The highest BCUT2D eigenvalue weighted by Crippen LogP contribution is 2.46. The highest BCUT2D eigenvalue weighted by atomic mass is 16.5. The number of ether oxygens (including phenoxy) is 3. The fraction of sp³-hybridized carbons (Fsp3) is 0.250. The number of nitrogens with one attached hydrogen (secondary N) is 1. The number of methoxy groups -OCH3 is 2. The van der Waals surface area contributed by atoms with E-state index in [-0.39, 0.29) is 30.5 Å². The SMILES string of the molecule is COc1ccc([C@H]2CC(=O)C3=C(C2)NC(C)=C(C(=O)OCc2ccccc2)[C@@H]3c2ccc(O)cc2)cc1OC. The predicted octanol–water partition coefficient (Wildman–Crippen LogP) is 5.51. The summed E-state index contributed by atoms with van der Waals surface area (Å²) in [6.07, 6.45) is 0.880. The lowest BCUT2D eigenvalue weighted by Gasteiger charge is -2.36. The molecule has 1 aliphatic carbocycles. The number of benzene rings is 3. The number of carbonyl (C=O) groups excluding carboxylic acids is 2. The van der Waals surface area contributed by atoms with Gasteiger partial charge in [0.1, 0.15) is 12.4 Å². The molecule has 1 heterocycles. The summed E-state index contributed by atoms with van der Waals surface area (Å²) in [7, 11) is 3.18. The first kappa shape index (κ1) is 26.1. The molecule has 0 spiro atoms. The molecule has 5 rings (SSSR count). The highest BCUT2D eigenvalue weighted by molar-refractivity contribution is 6.04. The van der Waals surface area contributed by atoms with Gasteiger partial charge < -0.3 is 24.6 Å². The summed E-state index contributed by atoms with van der Waals surface area (Å²) >= 11 is 0. The number of hydrogen-bond acceptors (Lipinski definition) is 7. The molecule has 0 aromatic heterocycles. The number of carbonyl (C=O) groups is 2. The number of allylic oxidation sites excluding steroid dienone is 3. The van der Waals surface area contributed by atoms with Crippen molar-refractivity contribution in [3.8, 4) is 17.2 Å². The first-order valence-electron chi connectivity index (χ1n) is 12.9. The average Bonchev–Trinajstić information content (AvgIpc) is 2.95. The monoisotopic (exact) mass is 525 g/mol. The molecule has 2 atom stereocenters. The van der Waals surface area contributed by atoms with Crippen LogP contribution in [0.3, 0.4) is 0 Å². The number of phenolic OH excluding ortho intramolecular Hbond substituents is 1. The molecule has 3 aromatic carbocycles. The molecule has 0 unspecified atom stereocenters. The van der Waals surface area contributed by atoms with Gasteiger partial charge in [-0.15, -0.1) is 0 Å². The second-order valence-corrected chi connectivity index (χ2v) is 9.78. The molecule has 0 saturated heterocycles. The van der Waals surface area contributed by atoms with Crippen LogP contribution in [0.15, 0.2) is 95.3 Å². The van der Waals surface area contributed by atoms with E-state index in [4.69, 9.17) is 14.2 Å². The van der Waals surface area contributed by atoms with Gasteiger partial charge in [0.2, 0.25) is 0 Å². The third kappa shape index (κ3) is 5.25. The molecule has 1 aliphatic heterocycles. The zero-order chi connectivity index (χ0) is 27.5. The maximum Gasteiger partial charge on any atom is 0.337 e. The summed E-state index contributed by atoms with van der Waals surface area (Å²) in [5.74, 6) is 0.154. The molecule has 200 valence electrons. The molecule has 0 fully saturated rings. The molecule has 0 radical (unpaired) electrons. The Morgan fingerprint density at radius 2 is 1.62 bits per heavy atom. The van der Waals surface area contributed by atoms with Crippen molar-refractivity contribution in [2.75, 3.05) is 14.2 Å². The quantitative estimate of drug-likeness (QED) is 0.393. The van der Waals surface area contributed by atoms with Crippen molar-refractivity contribution in [2.45, 2.75) is 38.2 Å². The van der Waals surface area contributed by atoms with Crippen LogP contribution in [0.1, 0.15) is 48.3 Å². The van der Waals surface area contributed by atoms with Gasteiger partial charge in [-0.2, -0.15) is 0 Å². The maximum absolute atomic E-state index is 13.8. The maximum atomic E-state index is 13.8. The summed E-state index contributed by atoms with van der Waals surface area (Å²) in [4.78, 5) is 27.3. The van der Waals surface area contributed by atoms with E-state index in [2.05, 4.69) is 5.32 Å². The number of dihydropyridines is 1. The molecular formula is C32H31NO6. The van der Waals surface area contributed by atoms with Crippen LogP contribution >= 0.6 is 0 Å². The van der Waals surface area contributed by atoms with E-state index < -0.39 is 11.9 Å². The van der Waals surface area contributed by atoms with Crippen molar-refractivity contribution in [3.63, 3.8) is 0 Å². The molecule has 2 N–H and O–H groups in total. The number of phenols is 1. The largest absolute Gasteiger partial charge is 0.508 e. The Labute approximate surface area is 227 Å². The minimum absolute atomic E-state index is 0.0394. The lowest BCUT2D eigenvalue weighted by Crippen LogP contribution is -2.36. The van der Waals surface area contributed by atoms with Crippen LogP contribution < -0.4 is 14.8 Å². The zero-order valence-corrected chi connectivity index (χ0v) is 22.2. The van der Waals surface area contributed by atoms with Crippen LogP contribution in [0, 0.1) is 0 Å². The molecule has 0 amide bonds. The van der Waals surface area contributed by atoms with Crippen molar-refractivity contribution in [1.82, 2.24) is 5.32 Å². The summed E-state index contributed by atoms with van der Waals surface area (Å²) in [6.45, 7) is 1.96. The molecule has 7 nitrogen and oxygen atoms in total. The summed E-state index contributed by atoms with van der Waals surface area (Å²) in [5.41, 5.74) is 4.99. The van der Waals surface area contributed by atoms with Gasteiger partial charge >= 0.3 is 5.97 Å². The number of aromatic hydroxyl groups is 1. The van der Waals surface area contributed by atoms with Crippen molar-refractivity contribution in [1.29, 1.82) is 0 Å². The summed E-state index contributed by atoms with van der Waals surface area (Å²) in [6, 6.07) is 21.8. The first-order valence-corrected chi connectivity index (χ1v) is 12.9. The number of rotatable bonds is 7. The number of esters is 1. The van der Waals surface area contributed by atoms with E-state index in [0.717, 1.165) is 22.4 Å². The second-order valence-electron chi connectivity index (χ2n) is 9.78. The van der Waals surface area contributed by atoms with E-state index in [1.54, 1.807) is 38.5 Å². The predicted molar refractivity (Wildman–Crippen MR) is 146 cm³/mol. The van der Waals surface area contributed by atoms with Gasteiger partial charge in [-0.05, 0) is 60.2 Å². The minimum Gasteiger partial charge on any atom is -0.508 e. The molecule has 0 saturated carbocycles. The van der Waals surface area contributed by atoms with Crippen LogP contribution in [0.4, 0.5) is 0 Å². The van der Waals surface area contributed by atoms with Crippen molar-refractivity contribution >= 4 is 11.8 Å². The van der Waals surface area contributed by atoms with Crippen LogP contribution in [0.5, 0.6) is 17.2 Å². The van der Waals surface area contributed by atoms with Crippen LogP contribution in [-0.4, -0.2) is 31.1 Å². The van der Waals surface area contributed by atoms with Crippen LogP contribution in [0.25, 0.3) is 0 Å². The standard InChI is InChI=1S/C32H31NO6/c1-19-29(32(36)39-18-20-7-5-4-6-8-20)30(21-9-12-24(34)13-10-21)31-25(33-19)15-23(16-26(31)35)22-11-14-27(37-2)28(17-22)38-3/h4-14,17,23,30,33-34H,15-16,18H2,1-3H3/t23-,30+/m1/s1. The molecular weight excluding hydrogens is 494 g/mol. The van der Waals surface area contributed by atoms with Gasteiger partial charge in [0.05, 0.1) is 19.8 Å². The number of hydrogen-bond donors (Lipinski definition) is 2. The van der Waals surface area contributed by atoms with Crippen LogP contribution in [-0.2, 0) is 20.9 Å². The Kier molecular flexibility index (Phi) is 7.41. The summed E-state index contributed by atoms with van der Waals surface area (Å²) in [5, 5.41) is 13.3. The Morgan fingerprint density at radius 1 is 0.923 bits per heavy atom. The minimum atomic E-state index is -0.607. The normalized spacial score (nSPS) is 18.8. The smallest absolute Gasteiger partial charge is 0.337 e. The Balaban J connectivity index is 1.50. The first-order chi connectivity index (χ1) is 18.9. The summed E-state index contributed by atoms with van der Waals surface area (Å²) < 4.78 is 16.6. The van der Waals surface area contributed by atoms with E-state index in [1.165, 1.54) is 0 Å². The van der Waals surface area contributed by atoms with E-state index in [0.29, 0.717) is 34.8 Å². The third-order valence-corrected chi connectivity index (χ3v) is 7.37. The topological polar surface area (TPSA) is 94.1 Å². The van der Waals surface area contributed by atoms with Gasteiger partial charge in [0.25, 0.3) is 0 Å². The van der Waals surface area contributed by atoms with Crippen molar-refractivity contribution in [2.24, 2.45) is 0 Å². The Morgan fingerprint density at radius 3 is 2.31 bits per heavy atom. The van der Waals surface area contributed by atoms with Crippen LogP contribution in [0.2, 0.25) is 0 Å². The van der Waals surface area contributed by atoms with Gasteiger partial charge in [-0.3, -0.25) is 4.79 Å². The average molecular weight is 526 g/mol. The zero-order valence-electron chi connectivity index (χ0n) is 22.2. The number of ketones is 1. The van der Waals surface area contributed by atoms with Gasteiger partial charge in [-0.25, -0.2) is 4.79 Å². The van der Waals surface area contributed by atoms with E-state index in [1.807, 2.05) is 55.5 Å². The van der Waals surface area contributed by atoms with Gasteiger partial charge in [0.15, 0.2) is 17.3 Å². The van der Waals surface area contributed by atoms with Gasteiger partial charge in [0, 0.05) is 29.3 Å². The van der Waals surface area contributed by atoms with Crippen molar-refractivity contribution in [3.05, 3.63) is 112 Å². The second kappa shape index (κ2) is 11.1. The van der Waals surface area contributed by atoms with Crippen molar-refractivity contribution < 1.29 is 28.9 Å². The lowest BCUT2D eigenvalue weighted by atomic mass is 9.71. The molecule has 2 aliphatic rings. The Hall–Kier alpha value is -4.52. The van der Waals surface area contributed by atoms with Gasteiger partial charge in [-0.1, -0.05) is 48.5 Å². The highest BCUT2D eigenvalue weighted by Gasteiger charge is 2.41. The lowest BCUT2D eigenvalue weighted by molar-refractivity contribution is -0.140. The molecule has 0 bridgehead atoms. The van der Waals surface area contributed by atoms with E-state index in [9.17, 15) is 14.7 Å². The fourth-order valence-electron chi connectivity index (χ4n) is 5.45. The molecule has 7 heteroatoms. The van der Waals surface area contributed by atoms with E-state index >= 15 is 0 Å². The third-order valence-electron chi connectivity index (χ3n) is 7.37. The Bertz CT molecular complexity index is 1460.